The molecule has 3 rings (SSSR count). The van der Waals surface area contributed by atoms with E-state index in [1.54, 1.807) is 0 Å². The van der Waals surface area contributed by atoms with Gasteiger partial charge in [0.25, 0.3) is 0 Å². The Morgan fingerprint density at radius 1 is 0.724 bits per heavy atom. The molecule has 3 aliphatic carbocycles. The highest BCUT2D eigenvalue weighted by Crippen LogP contribution is 2.48. The van der Waals surface area contributed by atoms with Crippen molar-refractivity contribution in [2.75, 3.05) is 6.61 Å². The molecule has 0 aromatic carbocycles. The fourth-order valence-corrected chi connectivity index (χ4v) is 6.57. The second-order valence-electron chi connectivity index (χ2n) is 10.2. The summed E-state index contributed by atoms with van der Waals surface area (Å²) in [4.78, 5) is 0. The number of hydrogen-bond donors (Lipinski definition) is 0. The fraction of sp³-hybridized carbons (Fsp3) is 1.00. The second kappa shape index (κ2) is 11.4. The fourth-order valence-electron chi connectivity index (χ4n) is 6.57. The van der Waals surface area contributed by atoms with E-state index in [2.05, 4.69) is 13.8 Å². The smallest absolute Gasteiger partial charge is 0.157 e. The molecule has 4 heteroatoms. The van der Waals surface area contributed by atoms with Crippen molar-refractivity contribution < 1.29 is 17.9 Å². The molecule has 0 spiro atoms. The highest BCUT2D eigenvalue weighted by Gasteiger charge is 2.47. The standard InChI is InChI=1S/C25H43F3O/c1-3-5-15-29-23-14-13-21(24(27)25(23)28)19-11-12-20(22(26)16-19)18-9-7-17(6-4-2)8-10-18/h17-25H,3-16H2,1-2H3. The lowest BCUT2D eigenvalue weighted by Crippen LogP contribution is -2.47. The molecule has 3 saturated carbocycles. The molecule has 3 fully saturated rings. The zero-order valence-electron chi connectivity index (χ0n) is 18.6. The van der Waals surface area contributed by atoms with Crippen LogP contribution in [0.2, 0.25) is 0 Å². The Balaban J connectivity index is 1.47. The Kier molecular flexibility index (Phi) is 9.20. The van der Waals surface area contributed by atoms with E-state index in [1.165, 1.54) is 38.5 Å². The molecule has 0 aromatic heterocycles. The maximum Gasteiger partial charge on any atom is 0.157 e. The summed E-state index contributed by atoms with van der Waals surface area (Å²) >= 11 is 0. The van der Waals surface area contributed by atoms with Crippen LogP contribution in [0.5, 0.6) is 0 Å². The summed E-state index contributed by atoms with van der Waals surface area (Å²) in [6, 6.07) is 0. The topological polar surface area (TPSA) is 9.23 Å². The summed E-state index contributed by atoms with van der Waals surface area (Å²) in [5, 5.41) is 0. The molecular weight excluding hydrogens is 373 g/mol. The van der Waals surface area contributed by atoms with Gasteiger partial charge in [-0.2, -0.15) is 0 Å². The number of rotatable bonds is 8. The van der Waals surface area contributed by atoms with Gasteiger partial charge in [0.15, 0.2) is 6.17 Å². The number of unbranched alkanes of at least 4 members (excludes halogenated alkanes) is 1. The average molecular weight is 417 g/mol. The number of halogens is 3. The summed E-state index contributed by atoms with van der Waals surface area (Å²) in [6.45, 7) is 4.82. The summed E-state index contributed by atoms with van der Waals surface area (Å²) in [7, 11) is 0. The van der Waals surface area contributed by atoms with Crippen molar-refractivity contribution in [3.8, 4) is 0 Å². The van der Waals surface area contributed by atoms with Crippen molar-refractivity contribution in [1.82, 2.24) is 0 Å². The van der Waals surface area contributed by atoms with Crippen molar-refractivity contribution in [2.24, 2.45) is 29.6 Å². The lowest BCUT2D eigenvalue weighted by atomic mass is 9.64. The lowest BCUT2D eigenvalue weighted by Gasteiger charge is -2.44. The quantitative estimate of drug-likeness (QED) is 0.370. The zero-order valence-corrected chi connectivity index (χ0v) is 18.6. The largest absolute Gasteiger partial charge is 0.375 e. The average Bonchev–Trinajstić information content (AvgIpc) is 2.72. The SMILES string of the molecule is CCCCOC1CCC(C2CCC(C3CCC(CCC)CC3)C(F)C2)C(F)C1F. The molecule has 0 amide bonds. The van der Waals surface area contributed by atoms with Crippen molar-refractivity contribution in [3.05, 3.63) is 0 Å². The van der Waals surface area contributed by atoms with Gasteiger partial charge in [-0.25, -0.2) is 13.2 Å². The van der Waals surface area contributed by atoms with E-state index in [0.29, 0.717) is 31.8 Å². The Morgan fingerprint density at radius 2 is 1.41 bits per heavy atom. The third kappa shape index (κ3) is 5.92. The molecule has 0 aromatic rings. The normalized spacial score (nSPS) is 44.0. The van der Waals surface area contributed by atoms with E-state index >= 15 is 4.39 Å². The first-order valence-electron chi connectivity index (χ1n) is 12.6. The Morgan fingerprint density at radius 3 is 2.07 bits per heavy atom. The van der Waals surface area contributed by atoms with Gasteiger partial charge >= 0.3 is 0 Å². The molecule has 7 unspecified atom stereocenters. The zero-order chi connectivity index (χ0) is 20.8. The Hall–Kier alpha value is -0.250. The molecule has 0 radical (unpaired) electrons. The first kappa shape index (κ1) is 23.4. The van der Waals surface area contributed by atoms with Gasteiger partial charge in [-0.1, -0.05) is 46.0 Å². The van der Waals surface area contributed by atoms with E-state index in [0.717, 1.165) is 31.6 Å². The molecule has 170 valence electrons. The minimum atomic E-state index is -1.55. The van der Waals surface area contributed by atoms with Crippen LogP contribution in [0.25, 0.3) is 0 Å². The highest BCUT2D eigenvalue weighted by molar-refractivity contribution is 4.96. The minimum absolute atomic E-state index is 0.00234. The van der Waals surface area contributed by atoms with Crippen LogP contribution in [-0.2, 0) is 4.74 Å². The van der Waals surface area contributed by atoms with Gasteiger partial charge in [0.2, 0.25) is 0 Å². The predicted octanol–water partition coefficient (Wildman–Crippen LogP) is 7.62. The monoisotopic (exact) mass is 416 g/mol. The molecule has 0 bridgehead atoms. The first-order valence-corrected chi connectivity index (χ1v) is 12.6. The molecule has 29 heavy (non-hydrogen) atoms. The summed E-state index contributed by atoms with van der Waals surface area (Å²) < 4.78 is 50.3. The van der Waals surface area contributed by atoms with Gasteiger partial charge < -0.3 is 4.74 Å². The van der Waals surface area contributed by atoms with Gasteiger partial charge in [0.1, 0.15) is 12.3 Å². The van der Waals surface area contributed by atoms with Crippen LogP contribution in [0.4, 0.5) is 13.2 Å². The van der Waals surface area contributed by atoms with Crippen LogP contribution in [0.15, 0.2) is 0 Å². The van der Waals surface area contributed by atoms with Gasteiger partial charge in [-0.3, -0.25) is 0 Å². The van der Waals surface area contributed by atoms with Crippen LogP contribution in [0.1, 0.15) is 97.3 Å². The summed E-state index contributed by atoms with van der Waals surface area (Å²) in [5.74, 6) is 1.19. The molecule has 0 aliphatic heterocycles. The summed E-state index contributed by atoms with van der Waals surface area (Å²) in [6.07, 6.45) is 8.20. The Labute approximate surface area is 176 Å². The minimum Gasteiger partial charge on any atom is -0.375 e. The van der Waals surface area contributed by atoms with E-state index in [1.807, 2.05) is 0 Å². The predicted molar refractivity (Wildman–Crippen MR) is 113 cm³/mol. The van der Waals surface area contributed by atoms with Crippen molar-refractivity contribution in [2.45, 2.75) is 122 Å². The number of alkyl halides is 3. The molecule has 0 saturated heterocycles. The number of ether oxygens (including phenoxy) is 1. The van der Waals surface area contributed by atoms with E-state index < -0.39 is 24.6 Å². The van der Waals surface area contributed by atoms with E-state index in [-0.39, 0.29) is 17.8 Å². The van der Waals surface area contributed by atoms with Crippen LogP contribution in [-0.4, -0.2) is 31.2 Å². The van der Waals surface area contributed by atoms with E-state index in [4.69, 9.17) is 4.74 Å². The van der Waals surface area contributed by atoms with E-state index in [9.17, 15) is 8.78 Å². The van der Waals surface area contributed by atoms with Gasteiger partial charge in [0.05, 0.1) is 6.10 Å². The highest BCUT2D eigenvalue weighted by atomic mass is 19.2. The van der Waals surface area contributed by atoms with Gasteiger partial charge in [-0.05, 0) is 81.0 Å². The lowest BCUT2D eigenvalue weighted by molar-refractivity contribution is -0.0925. The van der Waals surface area contributed by atoms with Gasteiger partial charge in [0, 0.05) is 6.61 Å². The molecule has 0 heterocycles. The first-order chi connectivity index (χ1) is 14.0. The van der Waals surface area contributed by atoms with Crippen LogP contribution in [0.3, 0.4) is 0 Å². The molecule has 0 N–H and O–H groups in total. The van der Waals surface area contributed by atoms with Crippen molar-refractivity contribution in [1.29, 1.82) is 0 Å². The molecule has 7 atom stereocenters. The molecular formula is C25H43F3O. The Bertz CT molecular complexity index is 465. The van der Waals surface area contributed by atoms with Crippen molar-refractivity contribution >= 4 is 0 Å². The third-order valence-corrected chi connectivity index (χ3v) is 8.35. The van der Waals surface area contributed by atoms with Crippen LogP contribution < -0.4 is 0 Å². The molecule has 3 aliphatic rings. The maximum atomic E-state index is 15.1. The third-order valence-electron chi connectivity index (χ3n) is 8.35. The summed E-state index contributed by atoms with van der Waals surface area (Å²) in [5.41, 5.74) is 0. The van der Waals surface area contributed by atoms with Crippen LogP contribution in [0, 0.1) is 29.6 Å². The van der Waals surface area contributed by atoms with Crippen molar-refractivity contribution in [3.63, 3.8) is 0 Å². The number of hydrogen-bond acceptors (Lipinski definition) is 1. The molecule has 1 nitrogen and oxygen atoms in total. The van der Waals surface area contributed by atoms with Gasteiger partial charge in [-0.15, -0.1) is 0 Å². The second-order valence-corrected chi connectivity index (χ2v) is 10.2. The maximum absolute atomic E-state index is 15.1. The van der Waals surface area contributed by atoms with Crippen LogP contribution >= 0.6 is 0 Å².